The Labute approximate surface area is 140 Å². The number of nitrogens with one attached hydrogen (secondary N) is 1. The number of carbonyl (C=O) groups is 1. The molecule has 0 radical (unpaired) electrons. The smallest absolute Gasteiger partial charge is 0.265 e. The van der Waals surface area contributed by atoms with Crippen molar-refractivity contribution in [2.45, 2.75) is 19.6 Å². The van der Waals surface area contributed by atoms with Gasteiger partial charge in [0.1, 0.15) is 6.61 Å². The summed E-state index contributed by atoms with van der Waals surface area (Å²) in [6.07, 6.45) is -0.670. The number of rotatable bonds is 4. The van der Waals surface area contributed by atoms with E-state index in [9.17, 15) is 4.79 Å². The van der Waals surface area contributed by atoms with E-state index in [4.69, 9.17) is 9.47 Å². The zero-order valence-corrected chi connectivity index (χ0v) is 13.9. The maximum absolute atomic E-state index is 12.3. The average molecular weight is 328 g/mol. The molecule has 1 N–H and O–H groups in total. The first kappa shape index (κ1) is 16.0. The predicted molar refractivity (Wildman–Crippen MR) is 89.3 cm³/mol. The van der Waals surface area contributed by atoms with Crippen LogP contribution in [-0.2, 0) is 11.3 Å². The van der Waals surface area contributed by atoms with E-state index in [1.54, 1.807) is 6.07 Å². The molecule has 1 aliphatic rings. The number of benzene rings is 1. The summed E-state index contributed by atoms with van der Waals surface area (Å²) < 4.78 is 11.3. The average Bonchev–Trinajstić information content (AvgIpc) is 2.58. The van der Waals surface area contributed by atoms with Crippen molar-refractivity contribution in [3.63, 3.8) is 0 Å². The van der Waals surface area contributed by atoms with Crippen LogP contribution in [0.5, 0.6) is 11.5 Å². The lowest BCUT2D eigenvalue weighted by atomic mass is 10.2. The van der Waals surface area contributed by atoms with Crippen LogP contribution >= 0.6 is 0 Å². The van der Waals surface area contributed by atoms with Gasteiger partial charge in [0.05, 0.1) is 12.2 Å². The van der Waals surface area contributed by atoms with Crippen LogP contribution in [-0.4, -0.2) is 42.7 Å². The van der Waals surface area contributed by atoms with Crippen LogP contribution in [0.25, 0.3) is 0 Å². The summed E-state index contributed by atoms with van der Waals surface area (Å²) in [6, 6.07) is 9.15. The number of hydrogen-bond donors (Lipinski definition) is 1. The van der Waals surface area contributed by atoms with E-state index in [2.05, 4.69) is 15.3 Å². The second kappa shape index (κ2) is 6.74. The Hall–Kier alpha value is -2.83. The third-order valence-corrected chi connectivity index (χ3v) is 3.54. The molecule has 2 heterocycles. The van der Waals surface area contributed by atoms with Crippen molar-refractivity contribution in [3.05, 3.63) is 41.7 Å². The number of fused-ring (bicyclic) bond motifs is 1. The molecule has 1 aromatic heterocycles. The van der Waals surface area contributed by atoms with Crippen LogP contribution in [0.1, 0.15) is 11.4 Å². The van der Waals surface area contributed by atoms with Gasteiger partial charge in [-0.1, -0.05) is 12.1 Å². The maximum Gasteiger partial charge on any atom is 0.265 e. The van der Waals surface area contributed by atoms with Gasteiger partial charge >= 0.3 is 0 Å². The second-order valence-electron chi connectivity index (χ2n) is 5.78. The molecule has 0 fully saturated rings. The monoisotopic (exact) mass is 328 g/mol. The highest BCUT2D eigenvalue weighted by atomic mass is 16.6. The molecule has 2 aromatic rings. The number of aromatic nitrogens is 2. The molecular weight excluding hydrogens is 308 g/mol. The Kier molecular flexibility index (Phi) is 4.50. The molecule has 126 valence electrons. The van der Waals surface area contributed by atoms with E-state index in [0.717, 1.165) is 11.4 Å². The highest BCUT2D eigenvalue weighted by molar-refractivity contribution is 5.81. The second-order valence-corrected chi connectivity index (χ2v) is 5.78. The molecular formula is C17H20N4O3. The van der Waals surface area contributed by atoms with Crippen LogP contribution in [0, 0.1) is 6.92 Å². The quantitative estimate of drug-likeness (QED) is 0.912. The number of anilines is 1. The Morgan fingerprint density at radius 2 is 2.04 bits per heavy atom. The molecule has 24 heavy (non-hydrogen) atoms. The molecule has 1 atom stereocenters. The van der Waals surface area contributed by atoms with Crippen molar-refractivity contribution in [1.82, 2.24) is 15.3 Å². The van der Waals surface area contributed by atoms with E-state index in [1.807, 2.05) is 50.2 Å². The van der Waals surface area contributed by atoms with Gasteiger partial charge in [0.15, 0.2) is 11.5 Å². The summed E-state index contributed by atoms with van der Waals surface area (Å²) in [5.41, 5.74) is 1.60. The highest BCUT2D eigenvalue weighted by Gasteiger charge is 2.27. The minimum Gasteiger partial charge on any atom is -0.485 e. The molecule has 3 rings (SSSR count). The van der Waals surface area contributed by atoms with Crippen molar-refractivity contribution in [2.75, 3.05) is 25.6 Å². The first-order valence-electron chi connectivity index (χ1n) is 7.71. The Morgan fingerprint density at radius 3 is 2.79 bits per heavy atom. The summed E-state index contributed by atoms with van der Waals surface area (Å²) in [6.45, 7) is 2.40. The van der Waals surface area contributed by atoms with Crippen molar-refractivity contribution in [2.24, 2.45) is 0 Å². The summed E-state index contributed by atoms with van der Waals surface area (Å²) in [5.74, 6) is 1.62. The summed E-state index contributed by atoms with van der Waals surface area (Å²) >= 11 is 0. The van der Waals surface area contributed by atoms with Gasteiger partial charge in [-0.2, -0.15) is 0 Å². The van der Waals surface area contributed by atoms with Gasteiger partial charge in [-0.3, -0.25) is 4.79 Å². The van der Waals surface area contributed by atoms with Crippen LogP contribution in [0.2, 0.25) is 0 Å². The SMILES string of the molecule is Cc1cc(CNC(=O)C2COc3ccccc3O2)nc(N(C)C)n1. The first-order chi connectivity index (χ1) is 11.5. The molecule has 7 nitrogen and oxygen atoms in total. The van der Waals surface area contributed by atoms with Crippen LogP contribution in [0.15, 0.2) is 30.3 Å². The minimum absolute atomic E-state index is 0.189. The van der Waals surface area contributed by atoms with E-state index in [1.165, 1.54) is 0 Å². The minimum atomic E-state index is -0.670. The van der Waals surface area contributed by atoms with Gasteiger partial charge in [0, 0.05) is 19.8 Å². The lowest BCUT2D eigenvalue weighted by molar-refractivity contribution is -0.130. The molecule has 0 saturated carbocycles. The zero-order chi connectivity index (χ0) is 17.1. The lowest BCUT2D eigenvalue weighted by Crippen LogP contribution is -2.43. The third-order valence-electron chi connectivity index (χ3n) is 3.54. The van der Waals surface area contributed by atoms with Crippen molar-refractivity contribution < 1.29 is 14.3 Å². The van der Waals surface area contributed by atoms with Crippen LogP contribution < -0.4 is 19.7 Å². The maximum atomic E-state index is 12.3. The Bertz CT molecular complexity index is 748. The standard InChI is InChI=1S/C17H20N4O3/c1-11-8-12(20-17(19-11)21(2)3)9-18-16(22)15-10-23-13-6-4-5-7-14(13)24-15/h4-8,15H,9-10H2,1-3H3,(H,18,22). The van der Waals surface area contributed by atoms with Gasteiger partial charge in [-0.15, -0.1) is 0 Å². The molecule has 0 bridgehead atoms. The van der Waals surface area contributed by atoms with E-state index in [0.29, 0.717) is 24.0 Å². The molecule has 1 amide bonds. The fourth-order valence-corrected chi connectivity index (χ4v) is 2.35. The molecule has 7 heteroatoms. The fourth-order valence-electron chi connectivity index (χ4n) is 2.35. The highest BCUT2D eigenvalue weighted by Crippen LogP contribution is 2.30. The van der Waals surface area contributed by atoms with Crippen LogP contribution in [0.3, 0.4) is 0 Å². The van der Waals surface area contributed by atoms with Crippen molar-refractivity contribution in [3.8, 4) is 11.5 Å². The lowest BCUT2D eigenvalue weighted by Gasteiger charge is -2.25. The number of para-hydroxylation sites is 2. The molecule has 1 aromatic carbocycles. The third kappa shape index (κ3) is 3.56. The summed E-state index contributed by atoms with van der Waals surface area (Å²) in [4.78, 5) is 22.9. The summed E-state index contributed by atoms with van der Waals surface area (Å²) in [7, 11) is 3.75. The van der Waals surface area contributed by atoms with Gasteiger partial charge in [0.2, 0.25) is 12.1 Å². The number of aryl methyl sites for hydroxylation is 1. The van der Waals surface area contributed by atoms with Gasteiger partial charge in [-0.25, -0.2) is 9.97 Å². The van der Waals surface area contributed by atoms with Crippen molar-refractivity contribution >= 4 is 11.9 Å². The molecule has 0 saturated heterocycles. The first-order valence-corrected chi connectivity index (χ1v) is 7.71. The fraction of sp³-hybridized carbons (Fsp3) is 0.353. The van der Waals surface area contributed by atoms with E-state index < -0.39 is 6.10 Å². The predicted octanol–water partition coefficient (Wildman–Crippen LogP) is 1.31. The van der Waals surface area contributed by atoms with Gasteiger partial charge in [0.25, 0.3) is 5.91 Å². The van der Waals surface area contributed by atoms with Gasteiger partial charge < -0.3 is 19.7 Å². The van der Waals surface area contributed by atoms with Gasteiger partial charge in [-0.05, 0) is 25.1 Å². The number of amides is 1. The zero-order valence-electron chi connectivity index (χ0n) is 13.9. The van der Waals surface area contributed by atoms with Crippen molar-refractivity contribution in [1.29, 1.82) is 0 Å². The van der Waals surface area contributed by atoms with E-state index in [-0.39, 0.29) is 12.5 Å². The molecule has 0 spiro atoms. The number of hydrogen-bond acceptors (Lipinski definition) is 6. The largest absolute Gasteiger partial charge is 0.485 e. The Morgan fingerprint density at radius 1 is 1.29 bits per heavy atom. The molecule has 0 aliphatic carbocycles. The normalized spacial score (nSPS) is 15.7. The molecule has 1 aliphatic heterocycles. The number of carbonyl (C=O) groups excluding carboxylic acids is 1. The number of nitrogens with zero attached hydrogens (tertiary/aromatic N) is 3. The Balaban J connectivity index is 1.62. The van der Waals surface area contributed by atoms with E-state index >= 15 is 0 Å². The topological polar surface area (TPSA) is 76.6 Å². The number of ether oxygens (including phenoxy) is 2. The molecule has 1 unspecified atom stereocenters. The summed E-state index contributed by atoms with van der Waals surface area (Å²) in [5, 5.41) is 2.84. The van der Waals surface area contributed by atoms with Crippen LogP contribution in [0.4, 0.5) is 5.95 Å².